The van der Waals surface area contributed by atoms with Crippen LogP contribution in [-0.4, -0.2) is 4.55 Å². The number of rotatable bonds is 6. The molecule has 1 unspecified atom stereocenters. The van der Waals surface area contributed by atoms with E-state index in [0.717, 1.165) is 6.07 Å². The lowest BCUT2D eigenvalue weighted by Gasteiger charge is -2.16. The van der Waals surface area contributed by atoms with Gasteiger partial charge >= 0.3 is 6.18 Å². The van der Waals surface area contributed by atoms with E-state index >= 15 is 0 Å². The zero-order valence-electron chi connectivity index (χ0n) is 14.9. The Kier molecular flexibility index (Phi) is 6.16. The molecular weight excluding hydrogens is 425 g/mol. The highest BCUT2D eigenvalue weighted by Gasteiger charge is 2.33. The van der Waals surface area contributed by atoms with Gasteiger partial charge in [0.05, 0.1) is 16.3 Å². The molecular formula is C20H16ClF3N2O2S. The summed E-state index contributed by atoms with van der Waals surface area (Å²) in [6.45, 7) is 0.0527. The van der Waals surface area contributed by atoms with Crippen molar-refractivity contribution in [3.63, 3.8) is 0 Å². The van der Waals surface area contributed by atoms with Crippen LogP contribution < -0.4 is 10.0 Å². The maximum atomic E-state index is 12.9. The van der Waals surface area contributed by atoms with Gasteiger partial charge in [-0.25, -0.2) is 4.72 Å². The fourth-order valence-electron chi connectivity index (χ4n) is 2.60. The average Bonchev–Trinajstić information content (AvgIpc) is 2.67. The van der Waals surface area contributed by atoms with Crippen molar-refractivity contribution in [2.45, 2.75) is 17.6 Å². The van der Waals surface area contributed by atoms with Crippen LogP contribution in [0.1, 0.15) is 11.1 Å². The van der Waals surface area contributed by atoms with Gasteiger partial charge in [-0.05, 0) is 48.0 Å². The summed E-state index contributed by atoms with van der Waals surface area (Å²) >= 11 is 5.87. The van der Waals surface area contributed by atoms with Crippen molar-refractivity contribution < 1.29 is 21.9 Å². The lowest BCUT2D eigenvalue weighted by atomic mass is 10.1. The molecule has 0 spiro atoms. The quantitative estimate of drug-likeness (QED) is 0.463. The highest BCUT2D eigenvalue weighted by Crippen LogP contribution is 2.36. The van der Waals surface area contributed by atoms with Gasteiger partial charge in [0.1, 0.15) is 0 Å². The van der Waals surface area contributed by atoms with Gasteiger partial charge in [-0.3, -0.25) is 0 Å². The Hall–Kier alpha value is -2.55. The fraction of sp³-hybridized carbons (Fsp3) is 0.100. The van der Waals surface area contributed by atoms with Gasteiger partial charge in [0.25, 0.3) is 0 Å². The Morgan fingerprint density at radius 1 is 0.897 bits per heavy atom. The van der Waals surface area contributed by atoms with Crippen molar-refractivity contribution in [3.8, 4) is 0 Å². The minimum atomic E-state index is -4.53. The predicted molar refractivity (Wildman–Crippen MR) is 107 cm³/mol. The van der Waals surface area contributed by atoms with E-state index in [2.05, 4.69) is 10.0 Å². The summed E-state index contributed by atoms with van der Waals surface area (Å²) in [5, 5.41) is 2.58. The summed E-state index contributed by atoms with van der Waals surface area (Å²) in [7, 11) is -3.75. The monoisotopic (exact) mass is 440 g/mol. The molecule has 3 rings (SSSR count). The first-order valence-electron chi connectivity index (χ1n) is 8.43. The summed E-state index contributed by atoms with van der Waals surface area (Å²) in [5.74, 6) is 0. The van der Waals surface area contributed by atoms with Gasteiger partial charge in [-0.1, -0.05) is 46.1 Å². The molecule has 3 aromatic rings. The summed E-state index contributed by atoms with van der Waals surface area (Å²) in [6, 6.07) is 18.0. The molecule has 0 radical (unpaired) electrons. The third-order valence-electron chi connectivity index (χ3n) is 4.06. The van der Waals surface area contributed by atoms with Gasteiger partial charge < -0.3 is 9.87 Å². The molecule has 0 saturated carbocycles. The number of benzene rings is 3. The van der Waals surface area contributed by atoms with Crippen LogP contribution in [0.5, 0.6) is 0 Å². The average molecular weight is 441 g/mol. The Labute approximate surface area is 172 Å². The zero-order chi connectivity index (χ0) is 21.1. The smallest absolute Gasteiger partial charge is 0.417 e. The van der Waals surface area contributed by atoms with Crippen LogP contribution in [0.2, 0.25) is 5.02 Å². The van der Waals surface area contributed by atoms with E-state index in [1.54, 1.807) is 30.3 Å². The molecule has 0 fully saturated rings. The molecule has 4 nitrogen and oxygen atoms in total. The van der Waals surface area contributed by atoms with E-state index in [-0.39, 0.29) is 22.0 Å². The lowest BCUT2D eigenvalue weighted by Crippen LogP contribution is -2.20. The molecule has 0 saturated heterocycles. The van der Waals surface area contributed by atoms with Crippen LogP contribution in [0, 0.1) is 0 Å². The molecule has 0 amide bonds. The van der Waals surface area contributed by atoms with E-state index < -0.39 is 22.1 Å². The first-order chi connectivity index (χ1) is 13.7. The molecule has 9 heteroatoms. The second-order valence-corrected chi connectivity index (χ2v) is 8.19. The van der Waals surface area contributed by atoms with Crippen LogP contribution in [0.15, 0.2) is 77.7 Å². The van der Waals surface area contributed by atoms with E-state index in [1.165, 1.54) is 36.4 Å². The number of sulfonamides is 1. The minimum absolute atomic E-state index is 0.0527. The maximum absolute atomic E-state index is 12.9. The van der Waals surface area contributed by atoms with Crippen molar-refractivity contribution in [1.82, 2.24) is 0 Å². The molecule has 0 aliphatic rings. The second-order valence-electron chi connectivity index (χ2n) is 6.13. The summed E-state index contributed by atoms with van der Waals surface area (Å²) < 4.78 is 66.1. The Morgan fingerprint density at radius 2 is 1.55 bits per heavy atom. The van der Waals surface area contributed by atoms with Crippen LogP contribution in [-0.2, 0) is 27.3 Å². The lowest BCUT2D eigenvalue weighted by molar-refractivity contribution is -0.137. The third-order valence-corrected chi connectivity index (χ3v) is 5.90. The zero-order valence-corrected chi connectivity index (χ0v) is 16.4. The first kappa shape index (κ1) is 21.2. The number of halogens is 4. The predicted octanol–water partition coefficient (Wildman–Crippen LogP) is 5.99. The van der Waals surface area contributed by atoms with Gasteiger partial charge in [0.15, 0.2) is 15.3 Å². The van der Waals surface area contributed by atoms with E-state index in [4.69, 9.17) is 11.6 Å². The van der Waals surface area contributed by atoms with Crippen LogP contribution in [0.3, 0.4) is 0 Å². The van der Waals surface area contributed by atoms with E-state index in [0.29, 0.717) is 11.4 Å². The van der Waals surface area contributed by atoms with Gasteiger partial charge in [-0.2, -0.15) is 13.2 Å². The number of alkyl halides is 3. The Balaban J connectivity index is 1.69. The first-order valence-corrected chi connectivity index (χ1v) is 10.3. The molecule has 2 N–H and O–H groups in total. The highest BCUT2D eigenvalue weighted by molar-refractivity contribution is 7.98. The molecule has 1 atom stereocenters. The SMILES string of the molecule is O=[S+]([O-])(Nc1ccccc1)c1ccc(NCc2cccc(C(F)(F)F)c2Cl)cc1. The van der Waals surface area contributed by atoms with Gasteiger partial charge in [-0.15, -0.1) is 0 Å². The maximum Gasteiger partial charge on any atom is 0.417 e. The summed E-state index contributed by atoms with van der Waals surface area (Å²) in [5.41, 5.74) is 0.363. The second kappa shape index (κ2) is 8.44. The van der Waals surface area contributed by atoms with Gasteiger partial charge in [0, 0.05) is 12.2 Å². The number of para-hydroxylation sites is 1. The Bertz CT molecular complexity index is 1030. The van der Waals surface area contributed by atoms with Crippen LogP contribution in [0.4, 0.5) is 24.5 Å². The largest absolute Gasteiger partial charge is 0.588 e. The van der Waals surface area contributed by atoms with Gasteiger partial charge in [0.2, 0.25) is 0 Å². The molecule has 0 aromatic heterocycles. The molecule has 0 aliphatic heterocycles. The van der Waals surface area contributed by atoms with Crippen LogP contribution >= 0.6 is 11.6 Å². The number of nitrogens with one attached hydrogen (secondary N) is 2. The Morgan fingerprint density at radius 3 is 2.17 bits per heavy atom. The normalized spacial score (nSPS) is 13.6. The molecule has 0 aliphatic carbocycles. The summed E-state index contributed by atoms with van der Waals surface area (Å²) in [6.07, 6.45) is -4.53. The van der Waals surface area contributed by atoms with Crippen molar-refractivity contribution >= 4 is 33.4 Å². The van der Waals surface area contributed by atoms with Crippen molar-refractivity contribution in [2.24, 2.45) is 0 Å². The standard InChI is InChI=1S/C20H16ClF3N2O2S/c21-19-14(5-4-8-18(19)20(22,23)24)13-25-15-9-11-17(12-10-15)29(27,28)26-16-6-2-1-3-7-16/h1-12,25H,13H2,(H-,26,27,28). The van der Waals surface area contributed by atoms with Crippen molar-refractivity contribution in [2.75, 3.05) is 10.0 Å². The van der Waals surface area contributed by atoms with E-state index in [9.17, 15) is 21.9 Å². The highest BCUT2D eigenvalue weighted by atomic mass is 35.5. The fourth-order valence-corrected chi connectivity index (χ4v) is 3.96. The molecule has 0 heterocycles. The molecule has 3 aromatic carbocycles. The topological polar surface area (TPSA) is 64.2 Å². The van der Waals surface area contributed by atoms with Crippen molar-refractivity contribution in [1.29, 1.82) is 0 Å². The summed E-state index contributed by atoms with van der Waals surface area (Å²) in [4.78, 5) is 0.0593. The number of hydrogen-bond donors (Lipinski definition) is 2. The molecule has 152 valence electrons. The molecule has 0 bridgehead atoms. The van der Waals surface area contributed by atoms with Crippen LogP contribution in [0.25, 0.3) is 0 Å². The van der Waals surface area contributed by atoms with Crippen molar-refractivity contribution in [3.05, 3.63) is 88.9 Å². The number of anilines is 2. The molecule has 29 heavy (non-hydrogen) atoms. The third kappa shape index (κ3) is 5.29. The number of hydrogen-bond acceptors (Lipinski definition) is 3. The minimum Gasteiger partial charge on any atom is -0.588 e. The van der Waals surface area contributed by atoms with E-state index in [1.807, 2.05) is 0 Å².